The molecule has 0 bridgehead atoms. The number of rotatable bonds is 6. The molecule has 1 aromatic carbocycles. The van der Waals surface area contributed by atoms with Crippen molar-refractivity contribution in [2.24, 2.45) is 4.99 Å². The molecule has 0 aromatic heterocycles. The lowest BCUT2D eigenvalue weighted by Gasteiger charge is -2.36. The van der Waals surface area contributed by atoms with Gasteiger partial charge in [0.15, 0.2) is 5.96 Å². The summed E-state index contributed by atoms with van der Waals surface area (Å²) < 4.78 is 0. The molecule has 1 heterocycles. The van der Waals surface area contributed by atoms with Crippen molar-refractivity contribution < 1.29 is 0 Å². The van der Waals surface area contributed by atoms with Gasteiger partial charge in [0.1, 0.15) is 6.07 Å². The Morgan fingerprint density at radius 1 is 1.24 bits per heavy atom. The molecule has 1 saturated carbocycles. The highest BCUT2D eigenvalue weighted by atomic mass is 127. The van der Waals surface area contributed by atoms with Crippen LogP contribution in [0.5, 0.6) is 0 Å². The monoisotopic (exact) mass is 510 g/mol. The van der Waals surface area contributed by atoms with E-state index in [-0.39, 0.29) is 24.0 Å². The minimum Gasteiger partial charge on any atom is -0.368 e. The highest BCUT2D eigenvalue weighted by Gasteiger charge is 2.23. The van der Waals surface area contributed by atoms with E-state index in [0.717, 1.165) is 62.3 Å². The van der Waals surface area contributed by atoms with Gasteiger partial charge in [-0.15, -0.1) is 24.0 Å². The van der Waals surface area contributed by atoms with Crippen LogP contribution in [0.1, 0.15) is 44.1 Å². The minimum atomic E-state index is 0. The third-order valence-corrected chi connectivity index (χ3v) is 6.06. The first-order chi connectivity index (χ1) is 13.7. The second-order valence-corrected chi connectivity index (χ2v) is 7.98. The number of nitrogens with zero attached hydrogens (tertiary/aromatic N) is 4. The van der Waals surface area contributed by atoms with Gasteiger partial charge in [0.25, 0.3) is 0 Å². The number of benzene rings is 1. The standard InChI is InChI=1S/C22H34N6.HI/c1-24-22(25-13-15-27(2)20-10-4-5-11-20)26-19-9-7-14-28(17-19)21-12-6-3-8-18(21)16-23;/h3,6,8,12,19-20H,4-5,7,9-11,13-15,17H2,1-2H3,(H2,24,25,26);1H. The number of piperidine rings is 1. The van der Waals surface area contributed by atoms with Gasteiger partial charge in [-0.2, -0.15) is 5.26 Å². The number of hydrogen-bond acceptors (Lipinski definition) is 4. The van der Waals surface area contributed by atoms with Crippen molar-refractivity contribution in [1.82, 2.24) is 15.5 Å². The summed E-state index contributed by atoms with van der Waals surface area (Å²) in [5.74, 6) is 0.875. The van der Waals surface area contributed by atoms with Crippen LogP contribution in [0.2, 0.25) is 0 Å². The molecular weight excluding hydrogens is 475 g/mol. The van der Waals surface area contributed by atoms with Crippen LogP contribution in [-0.2, 0) is 0 Å². The summed E-state index contributed by atoms with van der Waals surface area (Å²) in [7, 11) is 4.07. The number of anilines is 1. The van der Waals surface area contributed by atoms with Gasteiger partial charge in [0.05, 0.1) is 11.3 Å². The Kier molecular flexibility index (Phi) is 10.0. The number of nitrogens with one attached hydrogen (secondary N) is 2. The van der Waals surface area contributed by atoms with Crippen molar-refractivity contribution in [3.63, 3.8) is 0 Å². The molecule has 29 heavy (non-hydrogen) atoms. The molecule has 0 radical (unpaired) electrons. The van der Waals surface area contributed by atoms with Crippen LogP contribution in [-0.4, -0.2) is 63.2 Å². The molecule has 1 aliphatic carbocycles. The van der Waals surface area contributed by atoms with E-state index in [1.54, 1.807) is 0 Å². The van der Waals surface area contributed by atoms with E-state index in [9.17, 15) is 5.26 Å². The molecule has 0 amide bonds. The third kappa shape index (κ3) is 6.75. The quantitative estimate of drug-likeness (QED) is 0.350. The molecule has 1 aromatic rings. The van der Waals surface area contributed by atoms with E-state index in [1.165, 1.54) is 25.7 Å². The molecule has 0 spiro atoms. The molecule has 2 N–H and O–H groups in total. The van der Waals surface area contributed by atoms with Gasteiger partial charge in [0.2, 0.25) is 0 Å². The number of halogens is 1. The van der Waals surface area contributed by atoms with Crippen LogP contribution in [0.25, 0.3) is 0 Å². The lowest BCUT2D eigenvalue weighted by Crippen LogP contribution is -2.52. The first kappa shape index (κ1) is 23.7. The number of nitriles is 1. The average Bonchev–Trinajstić information content (AvgIpc) is 3.28. The highest BCUT2D eigenvalue weighted by molar-refractivity contribution is 14.0. The summed E-state index contributed by atoms with van der Waals surface area (Å²) >= 11 is 0. The van der Waals surface area contributed by atoms with Gasteiger partial charge < -0.3 is 20.4 Å². The summed E-state index contributed by atoms with van der Waals surface area (Å²) in [4.78, 5) is 9.21. The largest absolute Gasteiger partial charge is 0.368 e. The summed E-state index contributed by atoms with van der Waals surface area (Å²) in [6, 6.07) is 11.3. The van der Waals surface area contributed by atoms with E-state index < -0.39 is 0 Å². The van der Waals surface area contributed by atoms with Crippen molar-refractivity contribution in [1.29, 1.82) is 5.26 Å². The molecule has 2 fully saturated rings. The van der Waals surface area contributed by atoms with E-state index in [2.05, 4.69) is 38.5 Å². The number of guanidine groups is 1. The van der Waals surface area contributed by atoms with Crippen LogP contribution in [0.4, 0.5) is 5.69 Å². The molecule has 160 valence electrons. The molecule has 1 saturated heterocycles. The third-order valence-electron chi connectivity index (χ3n) is 6.06. The zero-order valence-electron chi connectivity index (χ0n) is 17.7. The number of aliphatic imine (C=N–C) groups is 1. The maximum Gasteiger partial charge on any atom is 0.191 e. The fourth-order valence-electron chi connectivity index (χ4n) is 4.42. The Bertz CT molecular complexity index is 695. The van der Waals surface area contributed by atoms with Crippen molar-refractivity contribution in [3.8, 4) is 6.07 Å². The Hall–Kier alpha value is -1.53. The predicted octanol–water partition coefficient (Wildman–Crippen LogP) is 3.18. The van der Waals surface area contributed by atoms with Crippen LogP contribution in [0, 0.1) is 11.3 Å². The molecule has 1 atom stereocenters. The first-order valence-electron chi connectivity index (χ1n) is 10.6. The zero-order chi connectivity index (χ0) is 19.8. The fraction of sp³-hybridized carbons (Fsp3) is 0.636. The van der Waals surface area contributed by atoms with Gasteiger partial charge in [-0.25, -0.2) is 0 Å². The van der Waals surface area contributed by atoms with Crippen LogP contribution in [0.3, 0.4) is 0 Å². The molecule has 1 aliphatic heterocycles. The molecule has 7 heteroatoms. The Balaban J connectivity index is 0.00000300. The topological polar surface area (TPSA) is 66.7 Å². The zero-order valence-corrected chi connectivity index (χ0v) is 20.1. The highest BCUT2D eigenvalue weighted by Crippen LogP contribution is 2.24. The molecule has 3 rings (SSSR count). The maximum absolute atomic E-state index is 9.39. The normalized spacial score (nSPS) is 20.3. The SMILES string of the molecule is CN=C(NCCN(C)C1CCCC1)NC1CCCN(c2ccccc2C#N)C1.I. The van der Waals surface area contributed by atoms with E-state index in [4.69, 9.17) is 0 Å². The van der Waals surface area contributed by atoms with Crippen LogP contribution < -0.4 is 15.5 Å². The number of para-hydroxylation sites is 1. The van der Waals surface area contributed by atoms with Gasteiger partial charge in [-0.05, 0) is 44.9 Å². The summed E-state index contributed by atoms with van der Waals surface area (Å²) in [6.07, 6.45) is 7.65. The predicted molar refractivity (Wildman–Crippen MR) is 131 cm³/mol. The van der Waals surface area contributed by atoms with E-state index in [1.807, 2.05) is 31.3 Å². The Morgan fingerprint density at radius 2 is 2.00 bits per heavy atom. The lowest BCUT2D eigenvalue weighted by atomic mass is 10.0. The second kappa shape index (κ2) is 12.2. The average molecular weight is 510 g/mol. The van der Waals surface area contributed by atoms with Crippen molar-refractivity contribution in [2.75, 3.05) is 45.2 Å². The van der Waals surface area contributed by atoms with Crippen LogP contribution in [0.15, 0.2) is 29.3 Å². The van der Waals surface area contributed by atoms with Crippen molar-refractivity contribution >= 4 is 35.6 Å². The lowest BCUT2D eigenvalue weighted by molar-refractivity contribution is 0.249. The van der Waals surface area contributed by atoms with Crippen LogP contribution >= 0.6 is 24.0 Å². The number of likely N-dealkylation sites (N-methyl/N-ethyl adjacent to an activating group) is 1. The molecule has 2 aliphatic rings. The van der Waals surface area contributed by atoms with Gasteiger partial charge in [-0.3, -0.25) is 4.99 Å². The van der Waals surface area contributed by atoms with Gasteiger partial charge in [-0.1, -0.05) is 25.0 Å². The summed E-state index contributed by atoms with van der Waals surface area (Å²) in [6.45, 7) is 3.83. The first-order valence-corrected chi connectivity index (χ1v) is 10.6. The van der Waals surface area contributed by atoms with Gasteiger partial charge in [0, 0.05) is 45.3 Å². The summed E-state index contributed by atoms with van der Waals surface area (Å²) in [5.41, 5.74) is 1.79. The second-order valence-electron chi connectivity index (χ2n) is 7.98. The van der Waals surface area contributed by atoms with E-state index in [0.29, 0.717) is 6.04 Å². The maximum atomic E-state index is 9.39. The summed E-state index contributed by atoms with van der Waals surface area (Å²) in [5, 5.41) is 16.5. The van der Waals surface area contributed by atoms with Crippen molar-refractivity contribution in [2.45, 2.75) is 50.6 Å². The molecule has 6 nitrogen and oxygen atoms in total. The number of hydrogen-bond donors (Lipinski definition) is 2. The Labute approximate surface area is 192 Å². The molecule has 1 unspecified atom stereocenters. The van der Waals surface area contributed by atoms with E-state index >= 15 is 0 Å². The Morgan fingerprint density at radius 3 is 2.72 bits per heavy atom. The van der Waals surface area contributed by atoms with Gasteiger partial charge >= 0.3 is 0 Å². The minimum absolute atomic E-state index is 0. The van der Waals surface area contributed by atoms with Crippen molar-refractivity contribution in [3.05, 3.63) is 29.8 Å². The fourth-order valence-corrected chi connectivity index (χ4v) is 4.42. The smallest absolute Gasteiger partial charge is 0.191 e. The molecular formula is C22H35IN6.